The minimum Gasteiger partial charge on any atom is -0.453 e. The number of rotatable bonds is 7. The number of amides is 3. The van der Waals surface area contributed by atoms with Gasteiger partial charge in [-0.05, 0) is 73.6 Å². The fourth-order valence-electron chi connectivity index (χ4n) is 8.10. The van der Waals surface area contributed by atoms with E-state index in [1.54, 1.807) is 18.0 Å². The number of piperidine rings is 1. The zero-order valence-corrected chi connectivity index (χ0v) is 29.8. The van der Waals surface area contributed by atoms with Crippen molar-refractivity contribution >= 4 is 23.9 Å². The number of aromatic amines is 2. The SMILES string of the molecule is COC(=O)N[C@@H](C)C(=O)N1CCC[C@H]1c1ncc(-c2ccc(-c3ccc(-c4cnc([C@H]5CCC6C(=O)CN(C(=O)OC)C[C@@H]6CC5)[nH]4)cc3)cc2)[nH]1. The number of hydrogen-bond acceptors (Lipinski definition) is 8. The van der Waals surface area contributed by atoms with Crippen LogP contribution in [0, 0.1) is 11.8 Å². The summed E-state index contributed by atoms with van der Waals surface area (Å²) in [5.74, 6) is 2.04. The molecule has 1 aliphatic carbocycles. The first-order valence-corrected chi connectivity index (χ1v) is 18.0. The molecule has 2 aromatic carbocycles. The number of Topliss-reactive ketones (excluding diaryl/α,β-unsaturated/α-hetero) is 1. The number of ketones is 1. The second-order valence-corrected chi connectivity index (χ2v) is 14.1. The van der Waals surface area contributed by atoms with Crippen molar-refractivity contribution < 1.29 is 28.7 Å². The van der Waals surface area contributed by atoms with Gasteiger partial charge < -0.3 is 34.6 Å². The molecule has 1 saturated carbocycles. The fourth-order valence-corrected chi connectivity index (χ4v) is 8.10. The molecule has 3 N–H and O–H groups in total. The van der Waals surface area contributed by atoms with Gasteiger partial charge >= 0.3 is 12.2 Å². The molecule has 272 valence electrons. The number of aromatic nitrogens is 4. The Hall–Kier alpha value is -5.46. The number of alkyl carbamates (subject to hydrolysis) is 1. The molecular weight excluding hydrogens is 662 g/mol. The highest BCUT2D eigenvalue weighted by molar-refractivity contribution is 5.87. The van der Waals surface area contributed by atoms with Crippen molar-refractivity contribution in [3.63, 3.8) is 0 Å². The smallest absolute Gasteiger partial charge is 0.409 e. The Balaban J connectivity index is 0.972. The molecule has 1 unspecified atom stereocenters. The maximum atomic E-state index is 13.1. The van der Waals surface area contributed by atoms with Gasteiger partial charge in [-0.25, -0.2) is 19.6 Å². The quantitative estimate of drug-likeness (QED) is 0.208. The molecular formula is C39H45N7O6. The van der Waals surface area contributed by atoms with Crippen LogP contribution in [-0.2, 0) is 19.1 Å². The van der Waals surface area contributed by atoms with Crippen LogP contribution < -0.4 is 5.32 Å². The first-order valence-electron chi connectivity index (χ1n) is 18.0. The minimum absolute atomic E-state index is 0.00736. The largest absolute Gasteiger partial charge is 0.453 e. The van der Waals surface area contributed by atoms with Crippen LogP contribution in [0.1, 0.15) is 69.1 Å². The van der Waals surface area contributed by atoms with Crippen LogP contribution in [0.4, 0.5) is 9.59 Å². The second-order valence-electron chi connectivity index (χ2n) is 14.1. The summed E-state index contributed by atoms with van der Waals surface area (Å²) in [4.78, 5) is 69.3. The average molecular weight is 708 g/mol. The van der Waals surface area contributed by atoms with Crippen LogP contribution in [0.3, 0.4) is 0 Å². The maximum Gasteiger partial charge on any atom is 0.409 e. The number of imidazole rings is 2. The Bertz CT molecular complexity index is 1920. The summed E-state index contributed by atoms with van der Waals surface area (Å²) in [6.45, 7) is 2.97. The zero-order chi connectivity index (χ0) is 36.4. The van der Waals surface area contributed by atoms with Gasteiger partial charge in [0.2, 0.25) is 5.91 Å². The van der Waals surface area contributed by atoms with Crippen LogP contribution >= 0.6 is 0 Å². The number of likely N-dealkylation sites (tertiary alicyclic amines) is 2. The Morgan fingerprint density at radius 2 is 1.40 bits per heavy atom. The fraction of sp³-hybridized carbons (Fsp3) is 0.436. The molecule has 52 heavy (non-hydrogen) atoms. The molecule has 4 aromatic rings. The number of fused-ring (bicyclic) bond motifs is 1. The summed E-state index contributed by atoms with van der Waals surface area (Å²) >= 11 is 0. The van der Waals surface area contributed by atoms with Gasteiger partial charge in [0.1, 0.15) is 17.7 Å². The second kappa shape index (κ2) is 15.0. The number of hydrogen-bond donors (Lipinski definition) is 3. The Labute approximate surface area is 302 Å². The van der Waals surface area contributed by atoms with Gasteiger partial charge in [-0.15, -0.1) is 0 Å². The monoisotopic (exact) mass is 707 g/mol. The predicted molar refractivity (Wildman–Crippen MR) is 193 cm³/mol. The van der Waals surface area contributed by atoms with E-state index in [1.807, 2.05) is 6.20 Å². The maximum absolute atomic E-state index is 13.1. The summed E-state index contributed by atoms with van der Waals surface area (Å²) in [7, 11) is 2.63. The molecule has 0 radical (unpaired) electrons. The topological polar surface area (TPSA) is 163 Å². The third-order valence-corrected chi connectivity index (χ3v) is 11.0. The van der Waals surface area contributed by atoms with Gasteiger partial charge in [-0.1, -0.05) is 48.5 Å². The number of carbonyl (C=O) groups excluding carboxylic acids is 4. The molecule has 3 aliphatic rings. The van der Waals surface area contributed by atoms with Crippen molar-refractivity contribution in [1.29, 1.82) is 0 Å². The first-order chi connectivity index (χ1) is 25.2. The Kier molecular flexibility index (Phi) is 10.1. The highest BCUT2D eigenvalue weighted by Gasteiger charge is 2.40. The van der Waals surface area contributed by atoms with E-state index in [0.29, 0.717) is 13.1 Å². The van der Waals surface area contributed by atoms with Crippen molar-refractivity contribution in [3.8, 4) is 33.6 Å². The molecule has 13 nitrogen and oxygen atoms in total. The molecule has 0 bridgehead atoms. The van der Waals surface area contributed by atoms with E-state index in [4.69, 9.17) is 9.72 Å². The van der Waals surface area contributed by atoms with Gasteiger partial charge in [-0.3, -0.25) is 9.59 Å². The first kappa shape index (κ1) is 35.0. The molecule has 13 heteroatoms. The Morgan fingerprint density at radius 3 is 2.04 bits per heavy atom. The van der Waals surface area contributed by atoms with Crippen molar-refractivity contribution in [1.82, 2.24) is 35.1 Å². The van der Waals surface area contributed by atoms with E-state index in [2.05, 4.69) is 73.5 Å². The lowest BCUT2D eigenvalue weighted by Crippen LogP contribution is -2.48. The molecule has 2 aromatic heterocycles. The summed E-state index contributed by atoms with van der Waals surface area (Å²) in [6, 6.07) is 15.8. The summed E-state index contributed by atoms with van der Waals surface area (Å²) in [5, 5.41) is 2.56. The lowest BCUT2D eigenvalue weighted by Gasteiger charge is -2.35. The standard InChI is InChI=1S/C39H45N7O6/c1-23(42-38(49)51-2)37(48)46-18-4-5-33(46)36-41-20-32(44-36)27-12-8-25(9-13-27)24-6-10-26(11-7-24)31-19-40-35(43-31)28-14-15-29-21-45(39(50)52-3)22-34(47)30(29)17-16-28/h6-13,19-20,23,28-30,33H,4-5,14-18,21-22H2,1-3H3,(H,40,43)(H,41,44)(H,42,49)/t23-,28+,29-,30?,33-/m0/s1. The van der Waals surface area contributed by atoms with E-state index in [-0.39, 0.29) is 42.0 Å². The van der Waals surface area contributed by atoms with E-state index in [9.17, 15) is 19.2 Å². The lowest BCUT2D eigenvalue weighted by molar-refractivity contribution is -0.134. The summed E-state index contributed by atoms with van der Waals surface area (Å²) < 4.78 is 9.52. The van der Waals surface area contributed by atoms with E-state index in [0.717, 1.165) is 83.8 Å². The molecule has 0 spiro atoms. The van der Waals surface area contributed by atoms with E-state index < -0.39 is 18.2 Å². The van der Waals surface area contributed by atoms with Crippen molar-refractivity contribution in [2.45, 2.75) is 63.5 Å². The molecule has 2 saturated heterocycles. The highest BCUT2D eigenvalue weighted by atomic mass is 16.5. The molecule has 7 rings (SSSR count). The molecule has 3 fully saturated rings. The van der Waals surface area contributed by atoms with Gasteiger partial charge in [0.05, 0.1) is 50.6 Å². The van der Waals surface area contributed by atoms with Crippen molar-refractivity contribution in [2.75, 3.05) is 33.9 Å². The van der Waals surface area contributed by atoms with Crippen LogP contribution in [0.2, 0.25) is 0 Å². The number of nitrogens with zero attached hydrogens (tertiary/aromatic N) is 4. The van der Waals surface area contributed by atoms with Gasteiger partial charge in [-0.2, -0.15) is 0 Å². The summed E-state index contributed by atoms with van der Waals surface area (Å²) in [5.41, 5.74) is 6.04. The summed E-state index contributed by atoms with van der Waals surface area (Å²) in [6.07, 6.45) is 7.77. The van der Waals surface area contributed by atoms with Crippen molar-refractivity contribution in [3.05, 3.63) is 72.6 Å². The molecule has 5 atom stereocenters. The number of nitrogens with one attached hydrogen (secondary N) is 3. The molecule has 4 heterocycles. The third-order valence-electron chi connectivity index (χ3n) is 11.0. The number of H-pyrrole nitrogens is 2. The normalized spacial score (nSPS) is 22.3. The van der Waals surface area contributed by atoms with Gasteiger partial charge in [0.15, 0.2) is 5.78 Å². The Morgan fingerprint density at radius 1 is 0.808 bits per heavy atom. The number of benzene rings is 2. The number of carbonyl (C=O) groups is 4. The minimum atomic E-state index is -0.698. The lowest BCUT2D eigenvalue weighted by atomic mass is 9.81. The van der Waals surface area contributed by atoms with Crippen LogP contribution in [0.5, 0.6) is 0 Å². The van der Waals surface area contributed by atoms with E-state index >= 15 is 0 Å². The molecule has 3 amide bonds. The van der Waals surface area contributed by atoms with Crippen LogP contribution in [-0.4, -0.2) is 93.5 Å². The zero-order valence-electron chi connectivity index (χ0n) is 29.8. The van der Waals surface area contributed by atoms with Crippen LogP contribution in [0.15, 0.2) is 60.9 Å². The number of methoxy groups -OCH3 is 2. The van der Waals surface area contributed by atoms with E-state index in [1.165, 1.54) is 19.1 Å². The number of ether oxygens (including phenoxy) is 2. The third kappa shape index (κ3) is 7.17. The average Bonchev–Trinajstić information content (AvgIpc) is 3.94. The predicted octanol–water partition coefficient (Wildman–Crippen LogP) is 6.08. The van der Waals surface area contributed by atoms with Gasteiger partial charge in [0, 0.05) is 24.9 Å². The van der Waals surface area contributed by atoms with Crippen molar-refractivity contribution in [2.24, 2.45) is 11.8 Å². The van der Waals surface area contributed by atoms with Gasteiger partial charge in [0.25, 0.3) is 0 Å². The van der Waals surface area contributed by atoms with Crippen LogP contribution in [0.25, 0.3) is 33.6 Å². The highest BCUT2D eigenvalue weighted by Crippen LogP contribution is 2.40. The molecule has 2 aliphatic heterocycles.